The number of hydrogen-bond acceptors (Lipinski definition) is 2. The molecule has 0 fully saturated rings. The Morgan fingerprint density at radius 3 is 2.55 bits per heavy atom. The van der Waals surface area contributed by atoms with E-state index >= 15 is 0 Å². The zero-order valence-electron chi connectivity index (χ0n) is 11.0. The molecule has 0 aliphatic carbocycles. The van der Waals surface area contributed by atoms with Gasteiger partial charge in [-0.05, 0) is 71.2 Å². The van der Waals surface area contributed by atoms with Crippen LogP contribution in [0.25, 0.3) is 0 Å². The van der Waals surface area contributed by atoms with Gasteiger partial charge in [0, 0.05) is 11.3 Å². The number of amides is 1. The third-order valence-electron chi connectivity index (χ3n) is 2.97. The molecule has 2 aromatic rings. The zero-order valence-corrected chi connectivity index (χ0v) is 12.6. The van der Waals surface area contributed by atoms with Crippen LogP contribution in [0.5, 0.6) is 5.75 Å². The normalized spacial score (nSPS) is 10.4. The van der Waals surface area contributed by atoms with Gasteiger partial charge in [-0.1, -0.05) is 0 Å². The Hall–Kier alpha value is -1.88. The van der Waals surface area contributed by atoms with E-state index in [0.29, 0.717) is 16.8 Å². The number of rotatable bonds is 2. The Kier molecular flexibility index (Phi) is 4.09. The minimum absolute atomic E-state index is 0.185. The average molecular weight is 338 g/mol. The number of carbonyl (C=O) groups is 1. The van der Waals surface area contributed by atoms with Gasteiger partial charge in [0.25, 0.3) is 5.91 Å². The third-order valence-corrected chi connectivity index (χ3v) is 3.58. The molecule has 2 aromatic carbocycles. The van der Waals surface area contributed by atoms with Crippen LogP contribution in [-0.2, 0) is 0 Å². The Bertz CT molecular complexity index is 686. The van der Waals surface area contributed by atoms with Crippen molar-refractivity contribution < 1.29 is 14.3 Å². The molecule has 1 amide bonds. The van der Waals surface area contributed by atoms with Crippen molar-refractivity contribution >= 4 is 27.5 Å². The van der Waals surface area contributed by atoms with Gasteiger partial charge in [-0.2, -0.15) is 0 Å². The maximum atomic E-state index is 13.1. The van der Waals surface area contributed by atoms with Crippen LogP contribution in [0.1, 0.15) is 21.5 Å². The van der Waals surface area contributed by atoms with Crippen LogP contribution in [0.3, 0.4) is 0 Å². The van der Waals surface area contributed by atoms with Crippen LogP contribution >= 0.6 is 15.9 Å². The highest BCUT2D eigenvalue weighted by atomic mass is 79.9. The highest BCUT2D eigenvalue weighted by Gasteiger charge is 2.11. The molecule has 20 heavy (non-hydrogen) atoms. The van der Waals surface area contributed by atoms with Crippen molar-refractivity contribution in [1.29, 1.82) is 0 Å². The first-order chi connectivity index (χ1) is 9.38. The van der Waals surface area contributed by atoms with Crippen molar-refractivity contribution in [3.05, 3.63) is 57.3 Å². The quantitative estimate of drug-likeness (QED) is 0.808. The second-order valence-electron chi connectivity index (χ2n) is 4.54. The molecule has 0 aromatic heterocycles. The Balaban J connectivity index is 2.27. The van der Waals surface area contributed by atoms with E-state index in [9.17, 15) is 14.3 Å². The summed E-state index contributed by atoms with van der Waals surface area (Å²) in [5.41, 5.74) is 2.39. The standard InChI is InChI=1S/C15H13BrFNO2/c1-8-6-14(19)9(2)5-13(8)18-15(20)10-3-4-12(17)11(16)7-10/h3-7,19H,1-2H3,(H,18,20). The molecule has 3 nitrogen and oxygen atoms in total. The van der Waals surface area contributed by atoms with E-state index in [0.717, 1.165) is 5.56 Å². The van der Waals surface area contributed by atoms with Crippen molar-refractivity contribution in [3.8, 4) is 5.75 Å². The summed E-state index contributed by atoms with van der Waals surface area (Å²) in [6.07, 6.45) is 0. The average Bonchev–Trinajstić information content (AvgIpc) is 2.39. The first kappa shape index (κ1) is 14.5. The fourth-order valence-corrected chi connectivity index (χ4v) is 2.15. The van der Waals surface area contributed by atoms with Gasteiger partial charge in [-0.25, -0.2) is 4.39 Å². The number of nitrogens with one attached hydrogen (secondary N) is 1. The molecular formula is C15H13BrFNO2. The lowest BCUT2D eigenvalue weighted by atomic mass is 10.1. The first-order valence-electron chi connectivity index (χ1n) is 5.95. The van der Waals surface area contributed by atoms with Gasteiger partial charge in [-0.3, -0.25) is 4.79 Å². The van der Waals surface area contributed by atoms with Crippen molar-refractivity contribution in [1.82, 2.24) is 0 Å². The fraction of sp³-hybridized carbons (Fsp3) is 0.133. The summed E-state index contributed by atoms with van der Waals surface area (Å²) in [6.45, 7) is 3.54. The van der Waals surface area contributed by atoms with E-state index < -0.39 is 5.82 Å². The van der Waals surface area contributed by atoms with Gasteiger partial charge in [-0.15, -0.1) is 0 Å². The number of phenols is 1. The fourth-order valence-electron chi connectivity index (χ4n) is 1.77. The summed E-state index contributed by atoms with van der Waals surface area (Å²) < 4.78 is 13.4. The van der Waals surface area contributed by atoms with Gasteiger partial charge >= 0.3 is 0 Å². The lowest BCUT2D eigenvalue weighted by molar-refractivity contribution is 0.102. The van der Waals surface area contributed by atoms with E-state index in [1.165, 1.54) is 18.2 Å². The third kappa shape index (κ3) is 2.99. The number of halogens is 2. The van der Waals surface area contributed by atoms with Crippen LogP contribution in [-0.4, -0.2) is 11.0 Å². The number of carbonyl (C=O) groups excluding carboxylic acids is 1. The van der Waals surface area contributed by atoms with E-state index in [4.69, 9.17) is 0 Å². The maximum Gasteiger partial charge on any atom is 0.255 e. The highest BCUT2D eigenvalue weighted by molar-refractivity contribution is 9.10. The maximum absolute atomic E-state index is 13.1. The number of anilines is 1. The van der Waals surface area contributed by atoms with Crippen molar-refractivity contribution in [2.24, 2.45) is 0 Å². The molecule has 0 heterocycles. The van der Waals surface area contributed by atoms with Crippen LogP contribution in [0.2, 0.25) is 0 Å². The van der Waals surface area contributed by atoms with Gasteiger partial charge in [0.2, 0.25) is 0 Å². The SMILES string of the molecule is Cc1cc(NC(=O)c2ccc(F)c(Br)c2)c(C)cc1O. The van der Waals surface area contributed by atoms with E-state index in [1.807, 2.05) is 0 Å². The largest absolute Gasteiger partial charge is 0.508 e. The monoisotopic (exact) mass is 337 g/mol. The molecule has 5 heteroatoms. The summed E-state index contributed by atoms with van der Waals surface area (Å²) in [4.78, 5) is 12.1. The lowest BCUT2D eigenvalue weighted by Crippen LogP contribution is -2.13. The topological polar surface area (TPSA) is 49.3 Å². The molecule has 0 saturated heterocycles. The highest BCUT2D eigenvalue weighted by Crippen LogP contribution is 2.25. The van der Waals surface area contributed by atoms with Gasteiger partial charge in [0.1, 0.15) is 11.6 Å². The molecule has 2 N–H and O–H groups in total. The lowest BCUT2D eigenvalue weighted by Gasteiger charge is -2.11. The summed E-state index contributed by atoms with van der Waals surface area (Å²) in [6, 6.07) is 7.35. The van der Waals surface area contributed by atoms with Crippen LogP contribution in [0.4, 0.5) is 10.1 Å². The molecule has 0 aliphatic heterocycles. The molecule has 0 saturated carbocycles. The Morgan fingerprint density at radius 1 is 1.20 bits per heavy atom. The smallest absolute Gasteiger partial charge is 0.255 e. The minimum Gasteiger partial charge on any atom is -0.508 e. The zero-order chi connectivity index (χ0) is 14.9. The predicted molar refractivity (Wildman–Crippen MR) is 79.6 cm³/mol. The molecule has 0 atom stereocenters. The second kappa shape index (κ2) is 5.63. The molecule has 104 valence electrons. The number of benzene rings is 2. The second-order valence-corrected chi connectivity index (χ2v) is 5.39. The van der Waals surface area contributed by atoms with E-state index in [-0.39, 0.29) is 16.1 Å². The van der Waals surface area contributed by atoms with Crippen LogP contribution < -0.4 is 5.32 Å². The molecule has 2 rings (SSSR count). The number of phenolic OH excluding ortho intramolecular Hbond substituents is 1. The number of aryl methyl sites for hydroxylation is 2. The van der Waals surface area contributed by atoms with Gasteiger partial charge < -0.3 is 10.4 Å². The van der Waals surface area contributed by atoms with Gasteiger partial charge in [0.15, 0.2) is 0 Å². The Labute approximate surface area is 124 Å². The van der Waals surface area contributed by atoms with Crippen LogP contribution in [0, 0.1) is 19.7 Å². The van der Waals surface area contributed by atoms with Crippen molar-refractivity contribution in [2.75, 3.05) is 5.32 Å². The minimum atomic E-state index is -0.418. The molecule has 0 unspecified atom stereocenters. The van der Waals surface area contributed by atoms with Gasteiger partial charge in [0.05, 0.1) is 4.47 Å². The number of aromatic hydroxyl groups is 1. The predicted octanol–water partition coefficient (Wildman–Crippen LogP) is 4.16. The molecule has 0 aliphatic rings. The molecular weight excluding hydrogens is 325 g/mol. The summed E-state index contributed by atoms with van der Waals surface area (Å²) in [5, 5.41) is 12.3. The van der Waals surface area contributed by atoms with E-state index in [2.05, 4.69) is 21.2 Å². The molecule has 0 bridgehead atoms. The van der Waals surface area contributed by atoms with E-state index in [1.54, 1.807) is 26.0 Å². The summed E-state index contributed by atoms with van der Waals surface area (Å²) in [7, 11) is 0. The molecule has 0 spiro atoms. The summed E-state index contributed by atoms with van der Waals surface area (Å²) in [5.74, 6) is -0.567. The van der Waals surface area contributed by atoms with Crippen molar-refractivity contribution in [2.45, 2.75) is 13.8 Å². The number of hydrogen-bond donors (Lipinski definition) is 2. The summed E-state index contributed by atoms with van der Waals surface area (Å²) >= 11 is 3.05. The Morgan fingerprint density at radius 2 is 1.90 bits per heavy atom. The van der Waals surface area contributed by atoms with Crippen molar-refractivity contribution in [3.63, 3.8) is 0 Å². The van der Waals surface area contributed by atoms with Crippen LogP contribution in [0.15, 0.2) is 34.8 Å². The molecule has 0 radical (unpaired) electrons. The first-order valence-corrected chi connectivity index (χ1v) is 6.74.